The molecule has 146 heavy (non-hydrogen) atoms. The first kappa shape index (κ1) is 118. The van der Waals surface area contributed by atoms with Gasteiger partial charge in [-0.15, -0.1) is 20.4 Å². The number of ether oxygens (including phenoxy) is 1. The van der Waals surface area contributed by atoms with E-state index in [4.69, 9.17) is 48.7 Å². The number of aliphatic hydroxyl groups is 3. The molecule has 5 aromatic heterocycles. The molecule has 794 valence electrons. The van der Waals surface area contributed by atoms with Crippen molar-refractivity contribution >= 4 is 99.2 Å². The van der Waals surface area contributed by atoms with Gasteiger partial charge in [-0.2, -0.15) is 0 Å². The maximum absolute atomic E-state index is 15.3. The number of carboxylic acid groups (broad SMARTS) is 2. The van der Waals surface area contributed by atoms with Gasteiger partial charge in [-0.1, -0.05) is 176 Å². The van der Waals surface area contributed by atoms with Crippen molar-refractivity contribution in [3.8, 4) is 0 Å². The Balaban J connectivity index is 0.000000271. The number of nitrogen functional groups attached to an aromatic ring is 1. The molecule has 11 rings (SSSR count). The van der Waals surface area contributed by atoms with Gasteiger partial charge in [-0.05, 0) is 167 Å². The van der Waals surface area contributed by atoms with Crippen molar-refractivity contribution in [1.82, 2.24) is 90.7 Å². The smallest absolute Gasteiger partial charge is 0.410 e. The number of nitrogens with one attached hydrogen (secondary N) is 7. The van der Waals surface area contributed by atoms with Crippen LogP contribution in [0.2, 0.25) is 0 Å². The van der Waals surface area contributed by atoms with E-state index < -0.39 is 83.1 Å². The number of hydrogen-bond acceptors (Lipinski definition) is 25. The summed E-state index contributed by atoms with van der Waals surface area (Å²) in [6.45, 7) is 21.6. The Hall–Kier alpha value is -15.0. The van der Waals surface area contributed by atoms with Crippen molar-refractivity contribution in [2.45, 2.75) is 272 Å². The number of nitrogens with two attached hydrogens (primary N) is 5. The van der Waals surface area contributed by atoms with Crippen molar-refractivity contribution in [1.29, 1.82) is 0 Å². The Morgan fingerprint density at radius 2 is 0.733 bits per heavy atom. The number of amides is 12. The number of aromatic carboxylic acids is 1. The molecular weight excluding hydrogens is 1880 g/mol. The molecule has 1 saturated heterocycles. The Morgan fingerprint density at radius 1 is 0.418 bits per heavy atom. The molecule has 0 radical (unpaired) electrons. The Kier molecular flexibility index (Phi) is 50.5. The molecule has 8 atom stereocenters. The Labute approximate surface area is 848 Å². The number of unbranched alkanes of at least 4 members (excludes halogenated alkanes) is 4. The van der Waals surface area contributed by atoms with Gasteiger partial charge in [0, 0.05) is 142 Å². The van der Waals surface area contributed by atoms with Crippen LogP contribution < -0.4 is 76.2 Å². The Morgan fingerprint density at radius 3 is 1.03 bits per heavy atom. The van der Waals surface area contributed by atoms with Gasteiger partial charge >= 0.3 is 42.2 Å². The second kappa shape index (κ2) is 62.5. The molecule has 0 unspecified atom stereocenters. The van der Waals surface area contributed by atoms with E-state index in [0.29, 0.717) is 125 Å². The summed E-state index contributed by atoms with van der Waals surface area (Å²) in [4.78, 5) is 135. The summed E-state index contributed by atoms with van der Waals surface area (Å²) in [5.74, 6) is -2.73. The van der Waals surface area contributed by atoms with Crippen LogP contribution in [0.1, 0.15) is 294 Å². The third-order valence-electron chi connectivity index (χ3n) is 24.5. The van der Waals surface area contributed by atoms with Crippen LogP contribution in [0.4, 0.5) is 56.8 Å². The van der Waals surface area contributed by atoms with Crippen LogP contribution >= 0.6 is 0 Å². The molecule has 5 aromatic carbocycles. The first-order chi connectivity index (χ1) is 70.0. The highest BCUT2D eigenvalue weighted by atomic mass is 19.1. The fourth-order valence-corrected chi connectivity index (χ4v) is 15.6. The topological polar surface area (TPSA) is 647 Å². The van der Waals surface area contributed by atoms with Crippen LogP contribution in [0.15, 0.2) is 145 Å². The van der Waals surface area contributed by atoms with E-state index >= 15 is 4.39 Å². The number of rotatable bonds is 51. The van der Waals surface area contributed by atoms with Gasteiger partial charge in [0.25, 0.3) is 0 Å². The normalized spacial score (nSPS) is 13.2. The van der Waals surface area contributed by atoms with Crippen LogP contribution in [-0.2, 0) is 56.9 Å². The van der Waals surface area contributed by atoms with Crippen LogP contribution in [0.5, 0.6) is 0 Å². The van der Waals surface area contributed by atoms with Gasteiger partial charge in [-0.3, -0.25) is 19.2 Å². The fourth-order valence-electron chi connectivity index (χ4n) is 15.6. The molecule has 6 heterocycles. The second-order valence-electron chi connectivity index (χ2n) is 35.9. The van der Waals surface area contributed by atoms with Crippen LogP contribution in [0.25, 0.3) is 10.9 Å². The van der Waals surface area contributed by atoms with E-state index in [2.05, 4.69) is 134 Å². The first-order valence-corrected chi connectivity index (χ1v) is 49.7. The summed E-state index contributed by atoms with van der Waals surface area (Å²) < 4.78 is 28.6. The summed E-state index contributed by atoms with van der Waals surface area (Å²) >= 11 is 0. The molecule has 10 aromatic rings. The van der Waals surface area contributed by atoms with E-state index in [-0.39, 0.29) is 92.0 Å². The molecule has 22 N–H and O–H groups in total. The maximum Gasteiger partial charge on any atom is 0.410 e. The first-order valence-electron chi connectivity index (χ1n) is 49.7. The van der Waals surface area contributed by atoms with Gasteiger partial charge in [0.15, 0.2) is 6.04 Å². The average Bonchev–Trinajstić information content (AvgIpc) is 1.61. The molecular formula is C101H146FN27O17. The van der Waals surface area contributed by atoms with Gasteiger partial charge in [0.2, 0.25) is 23.2 Å². The predicted octanol–water partition coefficient (Wildman–Crippen LogP) is 12.6. The Bertz CT molecular complexity index is 5660. The van der Waals surface area contributed by atoms with E-state index in [1.807, 2.05) is 12.4 Å². The zero-order chi connectivity index (χ0) is 107. The molecule has 1 aliphatic rings. The molecule has 45 heteroatoms. The minimum atomic E-state index is -1.37. The van der Waals surface area contributed by atoms with Crippen molar-refractivity contribution in [2.75, 3.05) is 78.9 Å². The summed E-state index contributed by atoms with van der Waals surface area (Å²) in [5, 5.41) is 98.0. The standard InChI is InChI=1S/C38H48FN9O7.2C21H32N6O3.C14H25N5O3.C7H9NO/c1-4-6-8-24(3)30-22-48(44-43-30)31(9-7-14-41-37(40)53)35(50)42-26-12-10-25(11-13-26)23-55-38(54)47-17-15-46(16-18-47)33-20-32-27(19-29(33)39)34(49)28(36(51)52)21-45(32)5-2;2*1-3-4-6-15(2)18-13-27(26-25-18)19(7-5-12-23-21(22)30)20(29)24-17-10-8-16(14-28)9-11-17;1-3-4-6-10(2)11-9-19(18-17-11)12(13(20)21)7-5-8-16-14(15)22;8-7-3-1-6(5-9)2-4-7/h10-13,19-22,24,31H,4-9,14-18,23H2,1-3H3,(H,42,50)(H,51,52)(H3,40,41,53);2*8-11,13,15,19,28H,3-7,12,14H2,1-2H3,(H,24,29)(H3,22,23,30);9-10,12H,3-8H2,1-2H3,(H,20,21)(H3,15,16,22);1-4,9H,5,8H2/t24-,31-;15-,19+;15-,19-;10-,12-;/m0100./s1. The van der Waals surface area contributed by atoms with E-state index in [0.717, 1.165) is 128 Å². The number of aliphatic hydroxyl groups excluding tert-OH is 3. The van der Waals surface area contributed by atoms with Crippen molar-refractivity contribution in [3.63, 3.8) is 0 Å². The molecule has 0 saturated carbocycles. The molecule has 1 fully saturated rings. The zero-order valence-electron chi connectivity index (χ0n) is 84.8. The summed E-state index contributed by atoms with van der Waals surface area (Å²) in [6.07, 6.45) is 24.5. The monoisotopic (exact) mass is 2030 g/mol. The highest BCUT2D eigenvalue weighted by Gasteiger charge is 2.31. The number of halogens is 1. The van der Waals surface area contributed by atoms with E-state index in [1.54, 1.807) is 146 Å². The minimum Gasteiger partial charge on any atom is -0.480 e. The molecule has 0 spiro atoms. The summed E-state index contributed by atoms with van der Waals surface area (Å²) in [6, 6.07) is 25.6. The number of nitrogens with zero attached hydrogens (tertiary/aromatic N) is 15. The highest BCUT2D eigenvalue weighted by Crippen LogP contribution is 2.31. The largest absolute Gasteiger partial charge is 0.480 e. The van der Waals surface area contributed by atoms with Crippen molar-refractivity contribution in [2.24, 2.45) is 22.9 Å². The number of fused-ring (bicyclic) bond motifs is 1. The lowest BCUT2D eigenvalue weighted by Gasteiger charge is -2.35. The number of piperazine rings is 1. The van der Waals surface area contributed by atoms with Gasteiger partial charge in [0.1, 0.15) is 36.1 Å². The number of urea groups is 4. The maximum atomic E-state index is 15.3. The zero-order valence-corrected chi connectivity index (χ0v) is 84.8. The number of pyridine rings is 1. The molecule has 0 aliphatic carbocycles. The number of benzene rings is 5. The number of hydrogen-bond donors (Lipinski definition) is 17. The summed E-state index contributed by atoms with van der Waals surface area (Å²) in [5.41, 5.74) is 34.3. The van der Waals surface area contributed by atoms with E-state index in [1.165, 1.54) is 15.8 Å². The third kappa shape index (κ3) is 39.3. The lowest BCUT2D eigenvalue weighted by molar-refractivity contribution is -0.141. The molecule has 0 bridgehead atoms. The third-order valence-corrected chi connectivity index (χ3v) is 24.5. The van der Waals surface area contributed by atoms with Crippen molar-refractivity contribution < 1.29 is 82.6 Å². The minimum absolute atomic E-state index is 0.00705. The number of primary amides is 4. The van der Waals surface area contributed by atoms with Crippen LogP contribution in [-0.4, -0.2) is 207 Å². The molecule has 1 aliphatic heterocycles. The predicted molar refractivity (Wildman–Crippen MR) is 552 cm³/mol. The highest BCUT2D eigenvalue weighted by molar-refractivity contribution is 5.96. The number of anilines is 5. The lowest BCUT2D eigenvalue weighted by atomic mass is 10.0. The number of aliphatic carboxylic acids is 1. The van der Waals surface area contributed by atoms with Gasteiger partial charge in [-0.25, -0.2) is 56.7 Å². The SMILES string of the molecule is CCCC[C@@H](C)c1cn([C@@H](CCCNC(N)=O)C(=O)Nc2ccc(CO)cc2)nn1.CCCC[C@H](C)c1cn([C@@H](CCCNC(N)=O)C(=O)Nc2ccc(CO)cc2)nn1.CCCC[C@H](C)c1cn([C@@H](CCCNC(N)=O)C(=O)Nc2ccc(COC(=O)N3CCN(c4cc5c(cc4F)c(=O)c(C(=O)O)cn5CC)CC3)cc2)nn1.CCCC[C@H](C)c1cn([C@@H](CCCNC(N)=O)C(=O)O)nn1.Nc1ccc(CO)cc1. The van der Waals surface area contributed by atoms with Crippen molar-refractivity contribution in [3.05, 3.63) is 207 Å². The lowest BCUT2D eigenvalue weighted by Crippen LogP contribution is -2.49. The van der Waals surface area contributed by atoms with Gasteiger partial charge < -0.3 is 111 Å². The number of aromatic nitrogens is 13. The van der Waals surface area contributed by atoms with E-state index in [9.17, 15) is 63.0 Å². The van der Waals surface area contributed by atoms with Crippen LogP contribution in [0.3, 0.4) is 0 Å². The van der Waals surface area contributed by atoms with Gasteiger partial charge in [0.05, 0.1) is 53.8 Å². The van der Waals surface area contributed by atoms with Crippen LogP contribution in [0, 0.1) is 5.82 Å². The second-order valence-corrected chi connectivity index (χ2v) is 35.9. The number of carboxylic acids is 2. The number of carbonyl (C=O) groups is 10. The molecule has 44 nitrogen and oxygen atoms in total. The summed E-state index contributed by atoms with van der Waals surface area (Å²) in [7, 11) is 0. The average molecular weight is 2030 g/mol. The fraction of sp³-hybridized carbons (Fsp3) is 0.495. The number of carbonyl (C=O) groups excluding carboxylic acids is 8. The number of aryl methyl sites for hydroxylation is 1. The quantitative estimate of drug-likeness (QED) is 0.0124. The molecule has 12 amide bonds.